The van der Waals surface area contributed by atoms with Gasteiger partial charge in [-0.25, -0.2) is 0 Å². The summed E-state index contributed by atoms with van der Waals surface area (Å²) < 4.78 is 10.3. The Morgan fingerprint density at radius 2 is 2.30 bits per heavy atom. The summed E-state index contributed by atoms with van der Waals surface area (Å²) in [6.07, 6.45) is 3.40. The topological polar surface area (TPSA) is 68.5 Å². The molecule has 2 rings (SSSR count). The van der Waals surface area contributed by atoms with Gasteiger partial charge >= 0.3 is 0 Å². The van der Waals surface area contributed by atoms with E-state index in [2.05, 4.69) is 10.1 Å². The first-order valence-electron chi connectivity index (χ1n) is 7.25. The molecule has 1 saturated heterocycles. The number of ether oxygens (including phenoxy) is 1. The predicted octanol–water partition coefficient (Wildman–Crippen LogP) is 2.28. The van der Waals surface area contributed by atoms with Crippen LogP contribution in [0.3, 0.4) is 0 Å². The second-order valence-corrected chi connectivity index (χ2v) is 5.49. The standard InChI is InChI=1S/C14H23N3O3/c1-10(2)13-15-14(20-16-13)11-6-4-5-8-17(11)12(18)7-9-19-3/h10-11H,4-9H2,1-3H3/t11-/m0/s1. The van der Waals surface area contributed by atoms with Crippen LogP contribution in [-0.2, 0) is 9.53 Å². The Hall–Kier alpha value is -1.43. The van der Waals surface area contributed by atoms with E-state index in [9.17, 15) is 4.79 Å². The molecule has 0 unspecified atom stereocenters. The quantitative estimate of drug-likeness (QED) is 0.828. The lowest BCUT2D eigenvalue weighted by atomic mass is 10.0. The van der Waals surface area contributed by atoms with Crippen molar-refractivity contribution < 1.29 is 14.1 Å². The molecule has 20 heavy (non-hydrogen) atoms. The van der Waals surface area contributed by atoms with Crippen molar-refractivity contribution in [1.82, 2.24) is 15.0 Å². The first-order chi connectivity index (χ1) is 9.63. The van der Waals surface area contributed by atoms with Crippen LogP contribution in [0.1, 0.15) is 63.2 Å². The van der Waals surface area contributed by atoms with Gasteiger partial charge in [0.05, 0.1) is 13.0 Å². The van der Waals surface area contributed by atoms with Crippen molar-refractivity contribution in [1.29, 1.82) is 0 Å². The molecule has 0 bridgehead atoms. The molecule has 2 heterocycles. The highest BCUT2D eigenvalue weighted by atomic mass is 16.5. The summed E-state index contributed by atoms with van der Waals surface area (Å²) in [5, 5.41) is 4.00. The van der Waals surface area contributed by atoms with Gasteiger partial charge in [-0.2, -0.15) is 4.98 Å². The van der Waals surface area contributed by atoms with E-state index in [0.29, 0.717) is 24.7 Å². The highest BCUT2D eigenvalue weighted by molar-refractivity contribution is 5.76. The molecule has 1 fully saturated rings. The minimum Gasteiger partial charge on any atom is -0.384 e. The lowest BCUT2D eigenvalue weighted by molar-refractivity contribution is -0.136. The van der Waals surface area contributed by atoms with Crippen LogP contribution in [0.25, 0.3) is 0 Å². The molecule has 0 radical (unpaired) electrons. The van der Waals surface area contributed by atoms with Gasteiger partial charge in [-0.05, 0) is 19.3 Å². The Morgan fingerprint density at radius 3 is 2.95 bits per heavy atom. The second-order valence-electron chi connectivity index (χ2n) is 5.49. The predicted molar refractivity (Wildman–Crippen MR) is 73.2 cm³/mol. The van der Waals surface area contributed by atoms with Crippen molar-refractivity contribution >= 4 is 5.91 Å². The molecule has 1 aliphatic heterocycles. The number of rotatable bonds is 5. The van der Waals surface area contributed by atoms with Crippen LogP contribution >= 0.6 is 0 Å². The summed E-state index contributed by atoms with van der Waals surface area (Å²) in [7, 11) is 1.61. The molecule has 1 aromatic rings. The maximum Gasteiger partial charge on any atom is 0.249 e. The van der Waals surface area contributed by atoms with Gasteiger partial charge in [0.25, 0.3) is 0 Å². The van der Waals surface area contributed by atoms with E-state index in [1.165, 1.54) is 0 Å². The third-order valence-electron chi connectivity index (χ3n) is 3.60. The number of carbonyl (C=O) groups is 1. The Balaban J connectivity index is 2.11. The van der Waals surface area contributed by atoms with Crippen molar-refractivity contribution in [2.24, 2.45) is 0 Å². The van der Waals surface area contributed by atoms with Crippen molar-refractivity contribution in [3.8, 4) is 0 Å². The molecular weight excluding hydrogens is 258 g/mol. The normalized spacial score (nSPS) is 19.6. The van der Waals surface area contributed by atoms with Crippen LogP contribution in [0.15, 0.2) is 4.52 Å². The molecule has 0 N–H and O–H groups in total. The summed E-state index contributed by atoms with van der Waals surface area (Å²) in [4.78, 5) is 18.5. The molecule has 1 aromatic heterocycles. The van der Waals surface area contributed by atoms with Crippen molar-refractivity contribution in [2.45, 2.75) is 51.5 Å². The van der Waals surface area contributed by atoms with Gasteiger partial charge in [0.2, 0.25) is 11.8 Å². The Bertz CT molecular complexity index is 445. The number of hydrogen-bond acceptors (Lipinski definition) is 5. The average molecular weight is 281 g/mol. The fourth-order valence-corrected chi connectivity index (χ4v) is 2.44. The van der Waals surface area contributed by atoms with E-state index in [1.54, 1.807) is 7.11 Å². The minimum atomic E-state index is -0.0758. The zero-order valence-electron chi connectivity index (χ0n) is 12.5. The van der Waals surface area contributed by atoms with Gasteiger partial charge in [-0.1, -0.05) is 19.0 Å². The molecule has 0 aliphatic carbocycles. The van der Waals surface area contributed by atoms with E-state index in [0.717, 1.165) is 25.8 Å². The van der Waals surface area contributed by atoms with Crippen LogP contribution < -0.4 is 0 Å². The van der Waals surface area contributed by atoms with Gasteiger partial charge in [-0.15, -0.1) is 0 Å². The van der Waals surface area contributed by atoms with Crippen molar-refractivity contribution in [3.05, 3.63) is 11.7 Å². The zero-order chi connectivity index (χ0) is 14.5. The molecule has 1 atom stereocenters. The van der Waals surface area contributed by atoms with Crippen LogP contribution in [0.2, 0.25) is 0 Å². The number of likely N-dealkylation sites (tertiary alicyclic amines) is 1. The third-order valence-corrected chi connectivity index (χ3v) is 3.60. The average Bonchev–Trinajstić information content (AvgIpc) is 2.94. The summed E-state index contributed by atoms with van der Waals surface area (Å²) in [6.45, 7) is 5.25. The van der Waals surface area contributed by atoms with Gasteiger partial charge in [0.15, 0.2) is 5.82 Å². The molecule has 1 amide bonds. The molecule has 6 nitrogen and oxygen atoms in total. The molecule has 0 spiro atoms. The van der Waals surface area contributed by atoms with Gasteiger partial charge in [0, 0.05) is 19.6 Å². The highest BCUT2D eigenvalue weighted by Gasteiger charge is 2.31. The van der Waals surface area contributed by atoms with Crippen LogP contribution in [-0.4, -0.2) is 41.2 Å². The van der Waals surface area contributed by atoms with E-state index >= 15 is 0 Å². The van der Waals surface area contributed by atoms with Crippen LogP contribution in [0.4, 0.5) is 0 Å². The van der Waals surface area contributed by atoms with E-state index in [-0.39, 0.29) is 17.9 Å². The number of carbonyl (C=O) groups excluding carboxylic acids is 1. The fraction of sp³-hybridized carbons (Fsp3) is 0.786. The number of amides is 1. The molecular formula is C14H23N3O3. The van der Waals surface area contributed by atoms with E-state index in [1.807, 2.05) is 18.7 Å². The lowest BCUT2D eigenvalue weighted by Gasteiger charge is -2.33. The monoisotopic (exact) mass is 281 g/mol. The van der Waals surface area contributed by atoms with Gasteiger partial charge in [0.1, 0.15) is 6.04 Å². The summed E-state index contributed by atoms with van der Waals surface area (Å²) in [5.74, 6) is 1.60. The van der Waals surface area contributed by atoms with Crippen LogP contribution in [0, 0.1) is 0 Å². The molecule has 1 aliphatic rings. The Morgan fingerprint density at radius 1 is 1.50 bits per heavy atom. The summed E-state index contributed by atoms with van der Waals surface area (Å²) >= 11 is 0. The number of aromatic nitrogens is 2. The summed E-state index contributed by atoms with van der Waals surface area (Å²) in [5.41, 5.74) is 0. The maximum absolute atomic E-state index is 12.2. The number of piperidine rings is 1. The Kier molecular flexibility index (Phi) is 5.11. The largest absolute Gasteiger partial charge is 0.384 e. The molecule has 112 valence electrons. The summed E-state index contributed by atoms with van der Waals surface area (Å²) in [6, 6.07) is -0.0758. The molecule has 0 saturated carbocycles. The molecule has 0 aromatic carbocycles. The first kappa shape index (κ1) is 15.0. The molecule has 6 heteroatoms. The van der Waals surface area contributed by atoms with E-state index in [4.69, 9.17) is 9.26 Å². The van der Waals surface area contributed by atoms with Crippen LogP contribution in [0.5, 0.6) is 0 Å². The maximum atomic E-state index is 12.2. The number of methoxy groups -OCH3 is 1. The first-order valence-corrected chi connectivity index (χ1v) is 7.25. The third kappa shape index (κ3) is 3.36. The lowest BCUT2D eigenvalue weighted by Crippen LogP contribution is -2.39. The van der Waals surface area contributed by atoms with Gasteiger partial charge in [-0.3, -0.25) is 4.79 Å². The van der Waals surface area contributed by atoms with Crippen molar-refractivity contribution in [3.63, 3.8) is 0 Å². The smallest absolute Gasteiger partial charge is 0.249 e. The zero-order valence-corrected chi connectivity index (χ0v) is 12.5. The van der Waals surface area contributed by atoms with E-state index < -0.39 is 0 Å². The number of nitrogens with zero attached hydrogens (tertiary/aromatic N) is 3. The Labute approximate surface area is 119 Å². The highest BCUT2D eigenvalue weighted by Crippen LogP contribution is 2.31. The fourth-order valence-electron chi connectivity index (χ4n) is 2.44. The minimum absolute atomic E-state index is 0.0758. The van der Waals surface area contributed by atoms with Crippen molar-refractivity contribution in [2.75, 3.05) is 20.3 Å². The SMILES string of the molecule is COCCC(=O)N1CCCC[C@H]1c1nc(C(C)C)no1. The number of hydrogen-bond donors (Lipinski definition) is 0. The van der Waals surface area contributed by atoms with Gasteiger partial charge < -0.3 is 14.2 Å². The second kappa shape index (κ2) is 6.83.